The summed E-state index contributed by atoms with van der Waals surface area (Å²) in [6, 6.07) is 4.06. The number of ether oxygens (including phenoxy) is 1. The Bertz CT molecular complexity index is 643. The van der Waals surface area contributed by atoms with Gasteiger partial charge in [-0.25, -0.2) is 0 Å². The van der Waals surface area contributed by atoms with Gasteiger partial charge in [0.05, 0.1) is 6.61 Å². The molecule has 0 unspecified atom stereocenters. The number of rotatable bonds is 17. The Kier molecular flexibility index (Phi) is 14.4. The number of carbonyl (C=O) groups is 1. The number of esters is 1. The van der Waals surface area contributed by atoms with Gasteiger partial charge in [-0.15, -0.1) is 0 Å². The molecule has 0 aliphatic rings. The Hall–Kier alpha value is -1.51. The van der Waals surface area contributed by atoms with Crippen molar-refractivity contribution in [2.24, 2.45) is 0 Å². The summed E-state index contributed by atoms with van der Waals surface area (Å²) in [6.45, 7) is 11.2. The SMILES string of the molecule is CCCCCCCCCCCCCCCOC(=O)CCc1cc(C(C)(C)C)cc(C)c1O. The van der Waals surface area contributed by atoms with Crippen LogP contribution < -0.4 is 0 Å². The summed E-state index contributed by atoms with van der Waals surface area (Å²) in [7, 11) is 0. The molecule has 1 aromatic rings. The zero-order chi connectivity index (χ0) is 23.8. The topological polar surface area (TPSA) is 46.5 Å². The smallest absolute Gasteiger partial charge is 0.306 e. The van der Waals surface area contributed by atoms with Gasteiger partial charge in [-0.2, -0.15) is 0 Å². The average Bonchev–Trinajstić information content (AvgIpc) is 2.74. The van der Waals surface area contributed by atoms with E-state index in [2.05, 4.69) is 27.7 Å². The predicted molar refractivity (Wildman–Crippen MR) is 137 cm³/mol. The van der Waals surface area contributed by atoms with Crippen LogP contribution in [0.3, 0.4) is 0 Å². The minimum Gasteiger partial charge on any atom is -0.507 e. The number of unbranched alkanes of at least 4 members (excludes halogenated alkanes) is 12. The van der Waals surface area contributed by atoms with Crippen molar-refractivity contribution in [3.05, 3.63) is 28.8 Å². The number of carbonyl (C=O) groups excluding carboxylic acids is 1. The fourth-order valence-corrected chi connectivity index (χ4v) is 4.09. The fourth-order valence-electron chi connectivity index (χ4n) is 4.09. The van der Waals surface area contributed by atoms with E-state index in [1.54, 1.807) is 0 Å². The van der Waals surface area contributed by atoms with Crippen LogP contribution in [0.2, 0.25) is 0 Å². The molecule has 1 aromatic carbocycles. The van der Waals surface area contributed by atoms with Crippen LogP contribution in [0.15, 0.2) is 12.1 Å². The van der Waals surface area contributed by atoms with E-state index in [1.807, 2.05) is 19.1 Å². The highest BCUT2D eigenvalue weighted by Gasteiger charge is 2.18. The molecule has 0 heterocycles. The second kappa shape index (κ2) is 16.2. The number of aryl methyl sites for hydroxylation is 2. The maximum absolute atomic E-state index is 12.1. The van der Waals surface area contributed by atoms with Crippen LogP contribution in [0.25, 0.3) is 0 Å². The number of phenols is 1. The molecule has 0 aliphatic heterocycles. The van der Waals surface area contributed by atoms with E-state index < -0.39 is 0 Å². The Morgan fingerprint density at radius 2 is 1.34 bits per heavy atom. The maximum Gasteiger partial charge on any atom is 0.306 e. The number of phenolic OH excluding ortho intramolecular Hbond substituents is 1. The first kappa shape index (κ1) is 28.5. The maximum atomic E-state index is 12.1. The zero-order valence-electron chi connectivity index (χ0n) is 21.7. The summed E-state index contributed by atoms with van der Waals surface area (Å²) in [4.78, 5) is 12.1. The van der Waals surface area contributed by atoms with Gasteiger partial charge < -0.3 is 9.84 Å². The molecule has 0 spiro atoms. The van der Waals surface area contributed by atoms with Crippen LogP contribution >= 0.6 is 0 Å². The normalized spacial score (nSPS) is 11.7. The third-order valence-electron chi connectivity index (χ3n) is 6.35. The highest BCUT2D eigenvalue weighted by Crippen LogP contribution is 2.31. The highest BCUT2D eigenvalue weighted by molar-refractivity contribution is 5.70. The van der Waals surface area contributed by atoms with Crippen LogP contribution in [0, 0.1) is 6.92 Å². The molecule has 1 N–H and O–H groups in total. The second-order valence-corrected chi connectivity index (χ2v) is 10.5. The summed E-state index contributed by atoms with van der Waals surface area (Å²) in [5.74, 6) is 0.143. The summed E-state index contributed by atoms with van der Waals surface area (Å²) >= 11 is 0. The van der Waals surface area contributed by atoms with E-state index in [1.165, 1.54) is 76.2 Å². The van der Waals surface area contributed by atoms with E-state index in [0.29, 0.717) is 25.2 Å². The first-order valence-corrected chi connectivity index (χ1v) is 13.2. The lowest BCUT2D eigenvalue weighted by molar-refractivity contribution is -0.143. The Morgan fingerprint density at radius 1 is 0.844 bits per heavy atom. The molecule has 0 aliphatic carbocycles. The van der Waals surface area contributed by atoms with Crippen molar-refractivity contribution in [2.75, 3.05) is 6.61 Å². The standard InChI is InChI=1S/C29H50O3/c1-6-7-8-9-10-11-12-13-14-15-16-17-18-21-32-27(30)20-19-25-23-26(29(3,4)5)22-24(2)28(25)31/h22-23,31H,6-21H2,1-5H3. The van der Waals surface area contributed by atoms with Crippen LogP contribution in [-0.2, 0) is 21.4 Å². The van der Waals surface area contributed by atoms with Crippen molar-refractivity contribution >= 4 is 5.97 Å². The lowest BCUT2D eigenvalue weighted by Crippen LogP contribution is -2.12. The molecule has 0 aromatic heterocycles. The van der Waals surface area contributed by atoms with Gasteiger partial charge in [-0.1, -0.05) is 117 Å². The lowest BCUT2D eigenvalue weighted by Gasteiger charge is -2.21. The van der Waals surface area contributed by atoms with Crippen molar-refractivity contribution in [3.8, 4) is 5.75 Å². The quantitative estimate of drug-likeness (QED) is 0.192. The number of hydrogen-bond donors (Lipinski definition) is 1. The van der Waals surface area contributed by atoms with Crippen LogP contribution in [-0.4, -0.2) is 17.7 Å². The first-order valence-electron chi connectivity index (χ1n) is 13.2. The first-order chi connectivity index (χ1) is 15.3. The van der Waals surface area contributed by atoms with Gasteiger partial charge >= 0.3 is 5.97 Å². The third-order valence-corrected chi connectivity index (χ3v) is 6.35. The summed E-state index contributed by atoms with van der Waals surface area (Å²) < 4.78 is 5.41. The third kappa shape index (κ3) is 12.5. The lowest BCUT2D eigenvalue weighted by atomic mass is 9.84. The molecule has 0 atom stereocenters. The Morgan fingerprint density at radius 3 is 1.84 bits per heavy atom. The number of benzene rings is 1. The second-order valence-electron chi connectivity index (χ2n) is 10.5. The Labute approximate surface area is 198 Å². The van der Waals surface area contributed by atoms with Gasteiger partial charge in [0, 0.05) is 6.42 Å². The monoisotopic (exact) mass is 446 g/mol. The minimum atomic E-state index is -0.165. The molecule has 0 fully saturated rings. The van der Waals surface area contributed by atoms with Crippen molar-refractivity contribution in [2.45, 2.75) is 136 Å². The molecule has 3 nitrogen and oxygen atoms in total. The molecular formula is C29H50O3. The summed E-state index contributed by atoms with van der Waals surface area (Å²) in [6.07, 6.45) is 17.9. The van der Waals surface area contributed by atoms with E-state index in [-0.39, 0.29) is 11.4 Å². The minimum absolute atomic E-state index is 0.0158. The number of hydrogen-bond acceptors (Lipinski definition) is 3. The van der Waals surface area contributed by atoms with E-state index >= 15 is 0 Å². The average molecular weight is 447 g/mol. The molecule has 0 saturated carbocycles. The molecule has 32 heavy (non-hydrogen) atoms. The molecule has 3 heteroatoms. The molecule has 0 amide bonds. The zero-order valence-corrected chi connectivity index (χ0v) is 21.7. The summed E-state index contributed by atoms with van der Waals surface area (Å²) in [5, 5.41) is 10.4. The molecule has 184 valence electrons. The molecule has 0 radical (unpaired) electrons. The molecule has 0 bridgehead atoms. The van der Waals surface area contributed by atoms with Crippen molar-refractivity contribution in [3.63, 3.8) is 0 Å². The van der Waals surface area contributed by atoms with Crippen molar-refractivity contribution in [1.82, 2.24) is 0 Å². The molecular weight excluding hydrogens is 396 g/mol. The summed E-state index contributed by atoms with van der Waals surface area (Å²) in [5.41, 5.74) is 2.91. The van der Waals surface area contributed by atoms with Gasteiger partial charge in [-0.3, -0.25) is 4.79 Å². The highest BCUT2D eigenvalue weighted by atomic mass is 16.5. The predicted octanol–water partition coefficient (Wildman–Crippen LogP) is 8.57. The molecule has 0 saturated heterocycles. The van der Waals surface area contributed by atoms with E-state index in [4.69, 9.17) is 4.74 Å². The van der Waals surface area contributed by atoms with Gasteiger partial charge in [0.15, 0.2) is 0 Å². The Balaban J connectivity index is 2.08. The van der Waals surface area contributed by atoms with E-state index in [9.17, 15) is 9.90 Å². The molecule has 1 rings (SSSR count). The fraction of sp³-hybridized carbons (Fsp3) is 0.759. The van der Waals surface area contributed by atoms with Gasteiger partial charge in [0.2, 0.25) is 0 Å². The number of aromatic hydroxyl groups is 1. The van der Waals surface area contributed by atoms with Gasteiger partial charge in [0.1, 0.15) is 5.75 Å². The van der Waals surface area contributed by atoms with E-state index in [0.717, 1.165) is 24.0 Å². The van der Waals surface area contributed by atoms with Crippen molar-refractivity contribution in [1.29, 1.82) is 0 Å². The van der Waals surface area contributed by atoms with Crippen LogP contribution in [0.5, 0.6) is 5.75 Å². The van der Waals surface area contributed by atoms with Gasteiger partial charge in [0.25, 0.3) is 0 Å². The largest absolute Gasteiger partial charge is 0.507 e. The van der Waals surface area contributed by atoms with Crippen LogP contribution in [0.1, 0.15) is 134 Å². The van der Waals surface area contributed by atoms with Crippen molar-refractivity contribution < 1.29 is 14.6 Å². The van der Waals surface area contributed by atoms with Crippen LogP contribution in [0.4, 0.5) is 0 Å². The van der Waals surface area contributed by atoms with Gasteiger partial charge in [-0.05, 0) is 41.9 Å².